The highest BCUT2D eigenvalue weighted by molar-refractivity contribution is 5.52. The Balaban J connectivity index is 2.38. The van der Waals surface area contributed by atoms with Crippen molar-refractivity contribution in [2.45, 2.75) is 32.3 Å². The molecule has 2 rings (SSSR count). The van der Waals surface area contributed by atoms with Crippen molar-refractivity contribution in [3.8, 4) is 5.75 Å². The van der Waals surface area contributed by atoms with E-state index in [0.29, 0.717) is 5.75 Å². The van der Waals surface area contributed by atoms with E-state index in [1.54, 1.807) is 6.07 Å². The van der Waals surface area contributed by atoms with Crippen LogP contribution < -0.4 is 4.74 Å². The Hall–Kier alpha value is -1.58. The summed E-state index contributed by atoms with van der Waals surface area (Å²) in [4.78, 5) is 10.4. The summed E-state index contributed by atoms with van der Waals surface area (Å²) in [5.41, 5.74) is 0.998. The summed E-state index contributed by atoms with van der Waals surface area (Å²) in [5, 5.41) is 10.8. The highest BCUT2D eigenvalue weighted by atomic mass is 16.6. The van der Waals surface area contributed by atoms with Crippen molar-refractivity contribution in [2.75, 3.05) is 0 Å². The minimum absolute atomic E-state index is 0.0845. The fourth-order valence-electron chi connectivity index (χ4n) is 1.48. The molecule has 4 heteroatoms. The summed E-state index contributed by atoms with van der Waals surface area (Å²) < 4.78 is 5.60. The maximum Gasteiger partial charge on any atom is 0.311 e. The molecule has 0 spiro atoms. The first kappa shape index (κ1) is 9.96. The van der Waals surface area contributed by atoms with Crippen molar-refractivity contribution in [1.82, 2.24) is 0 Å². The average molecular weight is 207 g/mol. The highest BCUT2D eigenvalue weighted by Gasteiger charge is 2.28. The Morgan fingerprint density at radius 3 is 2.80 bits per heavy atom. The number of hydrogen-bond acceptors (Lipinski definition) is 3. The maximum absolute atomic E-state index is 10.8. The molecule has 0 aliphatic heterocycles. The van der Waals surface area contributed by atoms with Crippen molar-refractivity contribution in [1.29, 1.82) is 0 Å². The van der Waals surface area contributed by atoms with E-state index < -0.39 is 0 Å². The number of ether oxygens (including phenoxy) is 1. The third-order valence-corrected chi connectivity index (χ3v) is 2.46. The molecule has 1 aliphatic rings. The lowest BCUT2D eigenvalue weighted by molar-refractivity contribution is -0.386. The van der Waals surface area contributed by atoms with Crippen molar-refractivity contribution in [3.05, 3.63) is 33.9 Å². The zero-order valence-electron chi connectivity index (χ0n) is 8.60. The van der Waals surface area contributed by atoms with Crippen molar-refractivity contribution in [3.63, 3.8) is 0 Å². The molecule has 0 bridgehead atoms. The number of nitro benzene ring substituents is 1. The second kappa shape index (κ2) is 3.88. The van der Waals surface area contributed by atoms with Crippen molar-refractivity contribution >= 4 is 5.69 Å². The molecule has 0 heterocycles. The van der Waals surface area contributed by atoms with Gasteiger partial charge in [-0.3, -0.25) is 10.1 Å². The summed E-state index contributed by atoms with van der Waals surface area (Å²) in [6.07, 6.45) is 2.96. The molecule has 0 atom stereocenters. The lowest BCUT2D eigenvalue weighted by atomic mass is 10.1. The number of benzene rings is 1. The fourth-order valence-corrected chi connectivity index (χ4v) is 1.48. The van der Waals surface area contributed by atoms with Gasteiger partial charge in [-0.05, 0) is 19.3 Å². The lowest BCUT2D eigenvalue weighted by Gasteiger charge is -2.09. The number of hydrogen-bond donors (Lipinski definition) is 0. The second-order valence-corrected chi connectivity index (χ2v) is 3.69. The smallest absolute Gasteiger partial charge is 0.311 e. The first-order valence-electron chi connectivity index (χ1n) is 5.15. The van der Waals surface area contributed by atoms with Gasteiger partial charge in [0, 0.05) is 11.6 Å². The lowest BCUT2D eigenvalue weighted by Crippen LogP contribution is -2.03. The maximum atomic E-state index is 10.8. The van der Waals surface area contributed by atoms with Crippen LogP contribution in [-0.2, 0) is 6.42 Å². The number of nitrogens with zero attached hydrogens (tertiary/aromatic N) is 1. The van der Waals surface area contributed by atoms with E-state index in [4.69, 9.17) is 4.74 Å². The van der Waals surface area contributed by atoms with Crippen LogP contribution in [0.15, 0.2) is 18.2 Å². The van der Waals surface area contributed by atoms with Gasteiger partial charge >= 0.3 is 5.69 Å². The van der Waals surface area contributed by atoms with E-state index in [0.717, 1.165) is 24.8 Å². The summed E-state index contributed by atoms with van der Waals surface area (Å²) in [6.45, 7) is 1.97. The van der Waals surface area contributed by atoms with Gasteiger partial charge in [-0.2, -0.15) is 0 Å². The first-order chi connectivity index (χ1) is 7.22. The molecule has 4 nitrogen and oxygen atoms in total. The van der Waals surface area contributed by atoms with Crippen LogP contribution in [0, 0.1) is 10.1 Å². The third kappa shape index (κ3) is 2.09. The summed E-state index contributed by atoms with van der Waals surface area (Å²) in [7, 11) is 0. The Kier molecular flexibility index (Phi) is 2.58. The largest absolute Gasteiger partial charge is 0.483 e. The first-order valence-corrected chi connectivity index (χ1v) is 5.15. The van der Waals surface area contributed by atoms with E-state index in [9.17, 15) is 10.1 Å². The fraction of sp³-hybridized carbons (Fsp3) is 0.455. The quantitative estimate of drug-likeness (QED) is 0.563. The van der Waals surface area contributed by atoms with Crippen LogP contribution in [0.4, 0.5) is 5.69 Å². The van der Waals surface area contributed by atoms with Crippen molar-refractivity contribution < 1.29 is 9.66 Å². The Morgan fingerprint density at radius 2 is 2.27 bits per heavy atom. The van der Waals surface area contributed by atoms with E-state index >= 15 is 0 Å². The van der Waals surface area contributed by atoms with Gasteiger partial charge in [0.2, 0.25) is 5.75 Å². The molecular formula is C11H13NO3. The van der Waals surface area contributed by atoms with Crippen LogP contribution in [-0.4, -0.2) is 11.0 Å². The predicted octanol–water partition coefficient (Wildman–Crippen LogP) is 2.70. The zero-order chi connectivity index (χ0) is 10.8. The molecule has 0 saturated heterocycles. The summed E-state index contributed by atoms with van der Waals surface area (Å²) >= 11 is 0. The average Bonchev–Trinajstić information content (AvgIpc) is 3.01. The Morgan fingerprint density at radius 1 is 1.53 bits per heavy atom. The van der Waals surface area contributed by atoms with E-state index in [2.05, 4.69) is 0 Å². The van der Waals surface area contributed by atoms with Crippen LogP contribution in [0.1, 0.15) is 25.3 Å². The van der Waals surface area contributed by atoms with Gasteiger partial charge in [-0.15, -0.1) is 0 Å². The zero-order valence-corrected chi connectivity index (χ0v) is 8.60. The molecule has 0 N–H and O–H groups in total. The minimum Gasteiger partial charge on any atom is -0.483 e. The predicted molar refractivity (Wildman–Crippen MR) is 56.1 cm³/mol. The summed E-state index contributed by atoms with van der Waals surface area (Å²) in [6, 6.07) is 5.08. The van der Waals surface area contributed by atoms with Gasteiger partial charge in [-0.1, -0.05) is 19.1 Å². The van der Waals surface area contributed by atoms with E-state index in [-0.39, 0.29) is 16.7 Å². The van der Waals surface area contributed by atoms with Crippen LogP contribution in [0.3, 0.4) is 0 Å². The third-order valence-electron chi connectivity index (χ3n) is 2.46. The van der Waals surface area contributed by atoms with Crippen LogP contribution in [0.25, 0.3) is 0 Å². The topological polar surface area (TPSA) is 52.4 Å². The second-order valence-electron chi connectivity index (χ2n) is 3.69. The molecule has 1 saturated carbocycles. The monoisotopic (exact) mass is 207 g/mol. The summed E-state index contributed by atoms with van der Waals surface area (Å²) in [5.74, 6) is 0.465. The molecule has 80 valence electrons. The van der Waals surface area contributed by atoms with Gasteiger partial charge in [0.15, 0.2) is 0 Å². The molecule has 0 radical (unpaired) electrons. The molecule has 0 unspecified atom stereocenters. The van der Waals surface area contributed by atoms with Crippen LogP contribution in [0.5, 0.6) is 5.75 Å². The van der Waals surface area contributed by atoms with Gasteiger partial charge in [0.25, 0.3) is 0 Å². The highest BCUT2D eigenvalue weighted by Crippen LogP contribution is 2.36. The number of para-hydroxylation sites is 1. The van der Waals surface area contributed by atoms with E-state index in [1.807, 2.05) is 13.0 Å². The van der Waals surface area contributed by atoms with Crippen LogP contribution in [0.2, 0.25) is 0 Å². The van der Waals surface area contributed by atoms with Gasteiger partial charge in [0.05, 0.1) is 11.0 Å². The number of aryl methyl sites for hydroxylation is 1. The standard InChI is InChI=1S/C11H13NO3/c1-2-8-4-3-5-10(12(13)14)11(8)15-9-6-7-9/h3-5,9H,2,6-7H2,1H3. The van der Waals surface area contributed by atoms with E-state index in [1.165, 1.54) is 6.07 Å². The van der Waals surface area contributed by atoms with Gasteiger partial charge in [-0.25, -0.2) is 0 Å². The minimum atomic E-state index is -0.378. The number of rotatable bonds is 4. The molecule has 1 fully saturated rings. The molecule has 15 heavy (non-hydrogen) atoms. The normalized spacial score (nSPS) is 15.0. The van der Waals surface area contributed by atoms with Gasteiger partial charge < -0.3 is 4.74 Å². The van der Waals surface area contributed by atoms with Gasteiger partial charge in [0.1, 0.15) is 0 Å². The molecule has 0 aromatic heterocycles. The van der Waals surface area contributed by atoms with Crippen molar-refractivity contribution in [2.24, 2.45) is 0 Å². The molecule has 1 aromatic carbocycles. The number of nitro groups is 1. The SMILES string of the molecule is CCc1cccc([N+](=O)[O-])c1OC1CC1. The Bertz CT molecular complexity index is 385. The molecular weight excluding hydrogens is 194 g/mol. The molecule has 1 aliphatic carbocycles. The molecule has 0 amide bonds. The van der Waals surface area contributed by atoms with Crippen LogP contribution >= 0.6 is 0 Å². The Labute approximate surface area is 88.0 Å². The molecule has 1 aromatic rings.